The third-order valence-electron chi connectivity index (χ3n) is 1.85. The molecule has 1 rings (SSSR count). The number of hydrogen-bond donors (Lipinski definition) is 0. The van der Waals surface area contributed by atoms with Gasteiger partial charge in [-0.05, 0) is 24.2 Å². The van der Waals surface area contributed by atoms with Crippen LogP contribution in [0.4, 0.5) is 0 Å². The van der Waals surface area contributed by atoms with E-state index in [9.17, 15) is 0 Å². The van der Waals surface area contributed by atoms with Crippen molar-refractivity contribution < 1.29 is 4.43 Å². The van der Waals surface area contributed by atoms with Crippen LogP contribution in [0.1, 0.15) is 11.1 Å². The van der Waals surface area contributed by atoms with Gasteiger partial charge in [0.2, 0.25) is 0 Å². The van der Waals surface area contributed by atoms with E-state index in [4.69, 9.17) is 4.43 Å². The first-order valence-electron chi connectivity index (χ1n) is 4.56. The molecule has 0 aromatic heterocycles. The van der Waals surface area contributed by atoms with Crippen LogP contribution in [0.5, 0.6) is 0 Å². The number of rotatable bonds is 4. The van der Waals surface area contributed by atoms with Crippen molar-refractivity contribution in [1.82, 2.24) is 0 Å². The van der Waals surface area contributed by atoms with Gasteiger partial charge in [-0.2, -0.15) is 0 Å². The van der Waals surface area contributed by atoms with Gasteiger partial charge in [0.05, 0.1) is 6.61 Å². The van der Waals surface area contributed by atoms with Gasteiger partial charge < -0.3 is 4.43 Å². The van der Waals surface area contributed by atoms with Crippen molar-refractivity contribution in [3.8, 4) is 0 Å². The topological polar surface area (TPSA) is 9.23 Å². The summed E-state index contributed by atoms with van der Waals surface area (Å²) >= 11 is 0. The molecule has 0 radical (unpaired) electrons. The fourth-order valence-corrected chi connectivity index (χ4v) is 1.63. The van der Waals surface area contributed by atoms with Crippen LogP contribution in [0.25, 0.3) is 6.08 Å². The Morgan fingerprint density at radius 3 is 2.69 bits per heavy atom. The van der Waals surface area contributed by atoms with E-state index in [1.54, 1.807) is 0 Å². The molecule has 1 nitrogen and oxygen atoms in total. The molecule has 0 saturated carbocycles. The summed E-state index contributed by atoms with van der Waals surface area (Å²) in [7, 11) is -0.906. The Bertz CT molecular complexity index is 281. The van der Waals surface area contributed by atoms with Gasteiger partial charge in [-0.25, -0.2) is 0 Å². The van der Waals surface area contributed by atoms with Crippen molar-refractivity contribution in [3.63, 3.8) is 0 Å². The molecule has 70 valence electrons. The van der Waals surface area contributed by atoms with Crippen molar-refractivity contribution in [2.45, 2.75) is 19.7 Å². The largest absolute Gasteiger partial charge is 0.416 e. The number of benzene rings is 1. The Labute approximate surface area is 81.8 Å². The lowest BCUT2D eigenvalue weighted by Gasteiger charge is -2.08. The Hall–Kier alpha value is -0.863. The predicted octanol–water partition coefficient (Wildman–Crippen LogP) is 2.83. The standard InChI is InChI=1S/C11H16OSi/c1-4-10-7-5-6-8-11(10)9-12-13(2)3/h4-8,13H,1,9H2,2-3H3. The predicted molar refractivity (Wildman–Crippen MR) is 60.2 cm³/mol. The summed E-state index contributed by atoms with van der Waals surface area (Å²) in [6.45, 7) is 8.86. The first kappa shape index (κ1) is 10.2. The zero-order valence-corrected chi connectivity index (χ0v) is 9.44. The molecular weight excluding hydrogens is 176 g/mol. The smallest absolute Gasteiger partial charge is 0.171 e. The van der Waals surface area contributed by atoms with Crippen LogP contribution in [-0.2, 0) is 11.0 Å². The fraction of sp³-hybridized carbons (Fsp3) is 0.273. The van der Waals surface area contributed by atoms with Crippen LogP contribution in [0, 0.1) is 0 Å². The quantitative estimate of drug-likeness (QED) is 0.667. The van der Waals surface area contributed by atoms with Crippen molar-refractivity contribution >= 4 is 15.1 Å². The minimum absolute atomic E-state index is 0.728. The maximum Gasteiger partial charge on any atom is 0.171 e. The van der Waals surface area contributed by atoms with Crippen LogP contribution in [0.3, 0.4) is 0 Å². The average molecular weight is 192 g/mol. The highest BCUT2D eigenvalue weighted by Crippen LogP contribution is 2.11. The summed E-state index contributed by atoms with van der Waals surface area (Å²) in [6, 6.07) is 8.21. The van der Waals surface area contributed by atoms with Crippen molar-refractivity contribution in [3.05, 3.63) is 42.0 Å². The molecule has 0 saturated heterocycles. The van der Waals surface area contributed by atoms with E-state index in [2.05, 4.69) is 31.8 Å². The summed E-state index contributed by atoms with van der Waals surface area (Å²) < 4.78 is 5.66. The second kappa shape index (κ2) is 4.99. The van der Waals surface area contributed by atoms with Gasteiger partial charge in [0.15, 0.2) is 9.04 Å². The molecule has 0 N–H and O–H groups in total. The summed E-state index contributed by atoms with van der Waals surface area (Å²) in [6.07, 6.45) is 1.88. The molecule has 1 aromatic carbocycles. The molecule has 1 aromatic rings. The lowest BCUT2D eigenvalue weighted by atomic mass is 10.1. The summed E-state index contributed by atoms with van der Waals surface area (Å²) in [5, 5.41) is 0. The van der Waals surface area contributed by atoms with E-state index >= 15 is 0 Å². The van der Waals surface area contributed by atoms with E-state index in [1.807, 2.05) is 18.2 Å². The van der Waals surface area contributed by atoms with E-state index in [0.29, 0.717) is 0 Å². The normalized spacial score (nSPS) is 10.4. The fourth-order valence-electron chi connectivity index (χ4n) is 1.12. The SMILES string of the molecule is C=Cc1ccccc1CO[SiH](C)C. The highest BCUT2D eigenvalue weighted by Gasteiger charge is 2.00. The molecule has 0 bridgehead atoms. The Morgan fingerprint density at radius 1 is 1.38 bits per heavy atom. The van der Waals surface area contributed by atoms with Crippen molar-refractivity contribution in [2.24, 2.45) is 0 Å². The minimum Gasteiger partial charge on any atom is -0.416 e. The second-order valence-corrected chi connectivity index (χ2v) is 5.69. The van der Waals surface area contributed by atoms with Crippen LogP contribution in [-0.4, -0.2) is 9.04 Å². The number of hydrogen-bond acceptors (Lipinski definition) is 1. The van der Waals surface area contributed by atoms with Gasteiger partial charge >= 0.3 is 0 Å². The highest BCUT2D eigenvalue weighted by atomic mass is 28.3. The summed E-state index contributed by atoms with van der Waals surface area (Å²) in [5.74, 6) is 0. The van der Waals surface area contributed by atoms with E-state index in [-0.39, 0.29) is 0 Å². The highest BCUT2D eigenvalue weighted by molar-refractivity contribution is 6.48. The molecular formula is C11H16OSi. The molecule has 0 fully saturated rings. The average Bonchev–Trinajstić information content (AvgIpc) is 2.15. The third-order valence-corrected chi connectivity index (χ3v) is 2.68. The minimum atomic E-state index is -0.906. The zero-order valence-electron chi connectivity index (χ0n) is 8.29. The molecule has 0 unspecified atom stereocenters. The summed E-state index contributed by atoms with van der Waals surface area (Å²) in [5.41, 5.74) is 2.41. The van der Waals surface area contributed by atoms with Gasteiger partial charge in [-0.1, -0.05) is 36.9 Å². The second-order valence-electron chi connectivity index (χ2n) is 3.26. The molecule has 0 amide bonds. The maximum atomic E-state index is 5.66. The molecule has 13 heavy (non-hydrogen) atoms. The van der Waals surface area contributed by atoms with Crippen LogP contribution < -0.4 is 0 Å². The van der Waals surface area contributed by atoms with E-state index < -0.39 is 9.04 Å². The Balaban J connectivity index is 2.69. The lowest BCUT2D eigenvalue weighted by Crippen LogP contribution is -2.07. The Morgan fingerprint density at radius 2 is 2.08 bits per heavy atom. The molecule has 0 heterocycles. The van der Waals surface area contributed by atoms with Crippen molar-refractivity contribution in [2.75, 3.05) is 0 Å². The van der Waals surface area contributed by atoms with Gasteiger partial charge in [0.1, 0.15) is 0 Å². The summed E-state index contributed by atoms with van der Waals surface area (Å²) in [4.78, 5) is 0. The molecule has 0 atom stereocenters. The molecule has 0 aliphatic rings. The zero-order chi connectivity index (χ0) is 9.68. The van der Waals surface area contributed by atoms with E-state index in [0.717, 1.165) is 6.61 Å². The van der Waals surface area contributed by atoms with Gasteiger partial charge in [0.25, 0.3) is 0 Å². The first-order chi connectivity index (χ1) is 6.24. The maximum absolute atomic E-state index is 5.66. The third kappa shape index (κ3) is 3.17. The van der Waals surface area contributed by atoms with Crippen LogP contribution >= 0.6 is 0 Å². The van der Waals surface area contributed by atoms with E-state index in [1.165, 1.54) is 11.1 Å². The first-order valence-corrected chi connectivity index (χ1v) is 7.34. The van der Waals surface area contributed by atoms with Gasteiger partial charge in [-0.3, -0.25) is 0 Å². The molecule has 0 aliphatic heterocycles. The van der Waals surface area contributed by atoms with Gasteiger partial charge in [-0.15, -0.1) is 0 Å². The monoisotopic (exact) mass is 192 g/mol. The van der Waals surface area contributed by atoms with Gasteiger partial charge in [0, 0.05) is 0 Å². The van der Waals surface area contributed by atoms with Crippen LogP contribution in [0.15, 0.2) is 30.8 Å². The molecule has 2 heteroatoms. The van der Waals surface area contributed by atoms with Crippen LogP contribution in [0.2, 0.25) is 13.1 Å². The lowest BCUT2D eigenvalue weighted by molar-refractivity contribution is 0.314. The molecule has 0 aliphatic carbocycles. The Kier molecular flexibility index (Phi) is 3.93. The molecule has 0 spiro atoms. The van der Waals surface area contributed by atoms with Crippen molar-refractivity contribution in [1.29, 1.82) is 0 Å².